The molecule has 0 fully saturated rings. The lowest BCUT2D eigenvalue weighted by Crippen LogP contribution is -2.25. The first-order valence-electron chi connectivity index (χ1n) is 14.7. The molecule has 0 N–H and O–H groups in total. The van der Waals surface area contributed by atoms with E-state index < -0.39 is 8.07 Å². The summed E-state index contributed by atoms with van der Waals surface area (Å²) in [7, 11) is -1.40. The van der Waals surface area contributed by atoms with E-state index in [1.54, 1.807) is 11.1 Å². The van der Waals surface area contributed by atoms with E-state index in [-0.39, 0.29) is 5.41 Å². The maximum absolute atomic E-state index is 3.61. The van der Waals surface area contributed by atoms with E-state index in [0.717, 1.165) is 0 Å². The third-order valence-electron chi connectivity index (χ3n) is 7.76. The topological polar surface area (TPSA) is 0 Å². The van der Waals surface area contributed by atoms with Gasteiger partial charge >= 0.3 is 0 Å². The number of rotatable bonds is 14. The summed E-state index contributed by atoms with van der Waals surface area (Å²) in [6.07, 6.45) is 18.9. The number of hydrogen-bond acceptors (Lipinski definition) is 0. The van der Waals surface area contributed by atoms with Crippen LogP contribution in [-0.4, -0.2) is 8.07 Å². The van der Waals surface area contributed by atoms with Crippen LogP contribution in [0.25, 0.3) is 11.1 Å². The van der Waals surface area contributed by atoms with Gasteiger partial charge in [0.1, 0.15) is 8.07 Å². The summed E-state index contributed by atoms with van der Waals surface area (Å²) in [5.41, 5.74) is 11.1. The molecule has 0 heterocycles. The van der Waals surface area contributed by atoms with Crippen molar-refractivity contribution in [3.63, 3.8) is 0 Å². The monoisotopic (exact) mass is 486 g/mol. The van der Waals surface area contributed by atoms with Crippen LogP contribution in [0.3, 0.4) is 0 Å². The van der Waals surface area contributed by atoms with Crippen LogP contribution < -0.4 is 0 Å². The van der Waals surface area contributed by atoms with E-state index in [9.17, 15) is 0 Å². The average molecular weight is 487 g/mol. The van der Waals surface area contributed by atoms with Crippen LogP contribution in [0.1, 0.15) is 120 Å². The van der Waals surface area contributed by atoms with E-state index in [4.69, 9.17) is 0 Å². The van der Waals surface area contributed by atoms with Gasteiger partial charge in [-0.3, -0.25) is 0 Å². The minimum absolute atomic E-state index is 0.165. The van der Waals surface area contributed by atoms with E-state index in [1.165, 1.54) is 107 Å². The number of benzene rings is 2. The first-order chi connectivity index (χ1) is 16.9. The van der Waals surface area contributed by atoms with Gasteiger partial charge < -0.3 is 0 Å². The molecule has 0 aromatic heterocycles. The van der Waals surface area contributed by atoms with Gasteiger partial charge in [-0.1, -0.05) is 147 Å². The van der Waals surface area contributed by atoms with E-state index in [2.05, 4.69) is 87.4 Å². The van der Waals surface area contributed by atoms with Crippen molar-refractivity contribution in [1.29, 1.82) is 0 Å². The van der Waals surface area contributed by atoms with Crippen LogP contribution in [0.5, 0.6) is 0 Å². The van der Waals surface area contributed by atoms with Crippen LogP contribution >= 0.6 is 0 Å². The number of unbranched alkanes of at least 4 members (excludes halogenated alkanes) is 10. The quantitative estimate of drug-likeness (QED) is 0.141. The molecule has 2 aromatic carbocycles. The Bertz CT molecular complexity index is 966. The standard InChI is InChI=1S/C34H50Si/c1-6-8-10-12-14-18-25-34(26-19-15-13-11-9-7-2)32-21-17-16-20-30(32)31-23-22-29(28-33(31)34)24-27-35(3,4)5/h16-17,20-23,28H,6-15,18-19,25-26H2,1-5H3. The van der Waals surface area contributed by atoms with Gasteiger partial charge in [-0.25, -0.2) is 0 Å². The molecule has 190 valence electrons. The Hall–Kier alpha value is -1.78. The molecule has 0 spiro atoms. The molecule has 0 amide bonds. The lowest BCUT2D eigenvalue weighted by atomic mass is 9.70. The first kappa shape index (κ1) is 27.8. The first-order valence-corrected chi connectivity index (χ1v) is 18.2. The summed E-state index contributed by atoms with van der Waals surface area (Å²) in [5, 5.41) is 0. The number of hydrogen-bond donors (Lipinski definition) is 0. The normalized spacial score (nSPS) is 13.7. The molecule has 0 saturated carbocycles. The summed E-state index contributed by atoms with van der Waals surface area (Å²) in [5.74, 6) is 3.57. The van der Waals surface area contributed by atoms with Crippen molar-refractivity contribution in [2.75, 3.05) is 0 Å². The molecule has 0 nitrogen and oxygen atoms in total. The van der Waals surface area contributed by atoms with Crippen molar-refractivity contribution in [2.24, 2.45) is 0 Å². The predicted molar refractivity (Wildman–Crippen MR) is 159 cm³/mol. The Labute approximate surface area is 218 Å². The Morgan fingerprint density at radius 2 is 1.17 bits per heavy atom. The van der Waals surface area contributed by atoms with Gasteiger partial charge in [0.15, 0.2) is 0 Å². The Kier molecular flexibility index (Phi) is 10.7. The summed E-state index contributed by atoms with van der Waals surface area (Å²) in [6.45, 7) is 11.6. The van der Waals surface area contributed by atoms with Gasteiger partial charge in [0.2, 0.25) is 0 Å². The Balaban J connectivity index is 1.92. The van der Waals surface area contributed by atoms with Crippen LogP contribution in [0, 0.1) is 11.5 Å². The molecule has 0 atom stereocenters. The fourth-order valence-corrected chi connectivity index (χ4v) is 6.39. The Morgan fingerprint density at radius 1 is 0.629 bits per heavy atom. The summed E-state index contributed by atoms with van der Waals surface area (Å²) in [6, 6.07) is 16.4. The molecule has 0 radical (unpaired) electrons. The largest absolute Gasteiger partial charge is 0.129 e. The lowest BCUT2D eigenvalue weighted by Gasteiger charge is -2.33. The molecular weight excluding hydrogens is 436 g/mol. The second-order valence-electron chi connectivity index (χ2n) is 11.9. The molecule has 1 heteroatoms. The van der Waals surface area contributed by atoms with E-state index in [0.29, 0.717) is 0 Å². The van der Waals surface area contributed by atoms with Gasteiger partial charge in [0, 0.05) is 11.0 Å². The van der Waals surface area contributed by atoms with E-state index >= 15 is 0 Å². The van der Waals surface area contributed by atoms with Gasteiger partial charge in [-0.15, -0.1) is 5.54 Å². The molecular formula is C34H50Si. The maximum atomic E-state index is 3.61. The van der Waals surface area contributed by atoms with E-state index in [1.807, 2.05) is 0 Å². The Morgan fingerprint density at radius 3 is 1.77 bits per heavy atom. The van der Waals surface area contributed by atoms with Crippen molar-refractivity contribution in [2.45, 2.75) is 129 Å². The second-order valence-corrected chi connectivity index (χ2v) is 16.7. The van der Waals surface area contributed by atoms with Crippen molar-refractivity contribution in [3.8, 4) is 22.6 Å². The molecule has 0 aliphatic heterocycles. The van der Waals surface area contributed by atoms with Crippen LogP contribution in [0.15, 0.2) is 42.5 Å². The zero-order valence-electron chi connectivity index (χ0n) is 23.4. The molecule has 0 saturated heterocycles. The highest BCUT2D eigenvalue weighted by Crippen LogP contribution is 2.54. The van der Waals surface area contributed by atoms with Gasteiger partial charge in [0.05, 0.1) is 0 Å². The summed E-state index contributed by atoms with van der Waals surface area (Å²) >= 11 is 0. The highest BCUT2D eigenvalue weighted by molar-refractivity contribution is 6.83. The highest BCUT2D eigenvalue weighted by Gasteiger charge is 2.42. The molecule has 1 aliphatic carbocycles. The number of fused-ring (bicyclic) bond motifs is 3. The zero-order chi connectivity index (χ0) is 25.2. The maximum Gasteiger partial charge on any atom is 0.129 e. The molecule has 35 heavy (non-hydrogen) atoms. The molecule has 0 unspecified atom stereocenters. The average Bonchev–Trinajstić information content (AvgIpc) is 3.11. The summed E-state index contributed by atoms with van der Waals surface area (Å²) < 4.78 is 0. The third kappa shape index (κ3) is 7.60. The van der Waals surface area contributed by atoms with Crippen molar-refractivity contribution >= 4 is 8.07 Å². The van der Waals surface area contributed by atoms with Crippen molar-refractivity contribution in [1.82, 2.24) is 0 Å². The van der Waals surface area contributed by atoms with Crippen LogP contribution in [0.2, 0.25) is 19.6 Å². The minimum Gasteiger partial charge on any atom is -0.127 e. The SMILES string of the molecule is CCCCCCCCC1(CCCCCCCC)c2ccccc2-c2ccc(C#C[Si](C)(C)C)cc21. The molecule has 3 rings (SSSR count). The van der Waals surface area contributed by atoms with Gasteiger partial charge in [-0.2, -0.15) is 0 Å². The zero-order valence-corrected chi connectivity index (χ0v) is 24.4. The highest BCUT2D eigenvalue weighted by atomic mass is 28.3. The molecule has 0 bridgehead atoms. The van der Waals surface area contributed by atoms with Crippen LogP contribution in [-0.2, 0) is 5.41 Å². The third-order valence-corrected chi connectivity index (χ3v) is 8.64. The van der Waals surface area contributed by atoms with Crippen molar-refractivity contribution in [3.05, 3.63) is 59.2 Å². The fourth-order valence-electron chi connectivity index (χ4n) is 5.87. The minimum atomic E-state index is -1.40. The fraction of sp³-hybridized carbons (Fsp3) is 0.588. The van der Waals surface area contributed by atoms with Gasteiger partial charge in [-0.05, 0) is 47.2 Å². The smallest absolute Gasteiger partial charge is 0.127 e. The molecule has 2 aromatic rings. The summed E-state index contributed by atoms with van der Waals surface area (Å²) in [4.78, 5) is 0. The predicted octanol–water partition coefficient (Wildman–Crippen LogP) is 10.7. The van der Waals surface area contributed by atoms with Crippen LogP contribution in [0.4, 0.5) is 0 Å². The molecule has 1 aliphatic rings. The second kappa shape index (κ2) is 13.5. The van der Waals surface area contributed by atoms with Gasteiger partial charge in [0.25, 0.3) is 0 Å². The lowest BCUT2D eigenvalue weighted by molar-refractivity contribution is 0.398. The van der Waals surface area contributed by atoms with Crippen molar-refractivity contribution < 1.29 is 0 Å².